The molecule has 5 heteroatoms. The Bertz CT molecular complexity index is 509. The molecule has 1 atom stereocenters. The highest BCUT2D eigenvalue weighted by molar-refractivity contribution is 5.97. The predicted molar refractivity (Wildman–Crippen MR) is 88.9 cm³/mol. The van der Waals surface area contributed by atoms with Gasteiger partial charge in [-0.05, 0) is 36.6 Å². The molecule has 1 aromatic rings. The second kappa shape index (κ2) is 7.94. The lowest BCUT2D eigenvalue weighted by Crippen LogP contribution is -2.34. The van der Waals surface area contributed by atoms with E-state index in [1.54, 1.807) is 50.3 Å². The van der Waals surface area contributed by atoms with Crippen LogP contribution in [-0.2, 0) is 0 Å². The third-order valence-electron chi connectivity index (χ3n) is 3.79. The lowest BCUT2D eigenvalue weighted by Gasteiger charge is -2.21. The Morgan fingerprint density at radius 1 is 1.00 bits per heavy atom. The molecule has 1 aromatic carbocycles. The van der Waals surface area contributed by atoms with Gasteiger partial charge in [-0.15, -0.1) is 0 Å². The van der Waals surface area contributed by atoms with Gasteiger partial charge in [0.15, 0.2) is 0 Å². The van der Waals surface area contributed by atoms with Gasteiger partial charge < -0.3 is 15.5 Å². The normalized spacial score (nSPS) is 12.1. The van der Waals surface area contributed by atoms with E-state index in [0.717, 1.165) is 6.42 Å². The van der Waals surface area contributed by atoms with Crippen LogP contribution < -0.4 is 5.73 Å². The maximum Gasteiger partial charge on any atom is 0.253 e. The molecule has 0 radical (unpaired) electrons. The van der Waals surface area contributed by atoms with Crippen molar-refractivity contribution in [2.75, 3.05) is 27.7 Å². The molecule has 2 amide bonds. The minimum Gasteiger partial charge on any atom is -0.345 e. The average Bonchev–Trinajstić information content (AvgIpc) is 2.50. The van der Waals surface area contributed by atoms with Crippen LogP contribution in [0.25, 0.3) is 0 Å². The van der Waals surface area contributed by atoms with Crippen molar-refractivity contribution in [3.05, 3.63) is 35.4 Å². The Balaban J connectivity index is 2.67. The molecule has 0 aliphatic heterocycles. The number of hydrogen-bond acceptors (Lipinski definition) is 3. The highest BCUT2D eigenvalue weighted by Crippen LogP contribution is 2.10. The number of carbonyl (C=O) groups is 2. The number of benzene rings is 1. The smallest absolute Gasteiger partial charge is 0.253 e. The first kappa shape index (κ1) is 18.2. The first-order chi connectivity index (χ1) is 10.2. The van der Waals surface area contributed by atoms with Crippen LogP contribution in [0.1, 0.15) is 41.0 Å². The predicted octanol–water partition coefficient (Wildman–Crippen LogP) is 1.83. The summed E-state index contributed by atoms with van der Waals surface area (Å²) in [6.45, 7) is 4.77. The van der Waals surface area contributed by atoms with Crippen LogP contribution in [0, 0.1) is 5.92 Å². The maximum absolute atomic E-state index is 12.3. The number of hydrogen-bond donors (Lipinski definition) is 1. The van der Waals surface area contributed by atoms with Crippen molar-refractivity contribution in [2.45, 2.75) is 26.3 Å². The minimum atomic E-state index is -0.0738. The largest absolute Gasteiger partial charge is 0.345 e. The zero-order chi connectivity index (χ0) is 16.9. The SMILES string of the molecule is CC(C)C(N)CCN(C)C(=O)c1ccc(C(=O)N(C)C)cc1. The molecular weight excluding hydrogens is 278 g/mol. The Morgan fingerprint density at radius 2 is 1.45 bits per heavy atom. The summed E-state index contributed by atoms with van der Waals surface area (Å²) in [4.78, 5) is 27.3. The van der Waals surface area contributed by atoms with Crippen LogP contribution >= 0.6 is 0 Å². The Hall–Kier alpha value is -1.88. The van der Waals surface area contributed by atoms with Crippen molar-refractivity contribution in [3.63, 3.8) is 0 Å². The van der Waals surface area contributed by atoms with Gasteiger partial charge in [-0.1, -0.05) is 13.8 Å². The van der Waals surface area contributed by atoms with Gasteiger partial charge in [0.25, 0.3) is 11.8 Å². The van der Waals surface area contributed by atoms with E-state index in [0.29, 0.717) is 23.6 Å². The fourth-order valence-electron chi connectivity index (χ4n) is 2.01. The molecular formula is C17H27N3O2. The van der Waals surface area contributed by atoms with Crippen LogP contribution in [0.2, 0.25) is 0 Å². The van der Waals surface area contributed by atoms with Crippen molar-refractivity contribution in [3.8, 4) is 0 Å². The third-order valence-corrected chi connectivity index (χ3v) is 3.79. The van der Waals surface area contributed by atoms with Crippen LogP contribution in [0.4, 0.5) is 0 Å². The van der Waals surface area contributed by atoms with Crippen molar-refractivity contribution < 1.29 is 9.59 Å². The van der Waals surface area contributed by atoms with Crippen molar-refractivity contribution in [1.82, 2.24) is 9.80 Å². The van der Waals surface area contributed by atoms with Gasteiger partial charge in [0, 0.05) is 44.9 Å². The molecule has 0 saturated heterocycles. The first-order valence-electron chi connectivity index (χ1n) is 7.56. The number of carbonyl (C=O) groups excluding carboxylic acids is 2. The molecule has 0 aromatic heterocycles. The second-order valence-electron chi connectivity index (χ2n) is 6.20. The summed E-state index contributed by atoms with van der Waals surface area (Å²) in [5.74, 6) is 0.273. The molecule has 0 spiro atoms. The Labute approximate surface area is 133 Å². The molecule has 0 saturated carbocycles. The zero-order valence-corrected chi connectivity index (χ0v) is 14.2. The standard InChI is InChI=1S/C17H27N3O2/c1-12(2)15(18)10-11-20(5)17(22)14-8-6-13(7-9-14)16(21)19(3)4/h6-9,12,15H,10-11,18H2,1-5H3. The second-order valence-corrected chi connectivity index (χ2v) is 6.20. The molecule has 5 nitrogen and oxygen atoms in total. The highest BCUT2D eigenvalue weighted by atomic mass is 16.2. The van der Waals surface area contributed by atoms with Crippen LogP contribution in [0.5, 0.6) is 0 Å². The van der Waals surface area contributed by atoms with Crippen LogP contribution in [-0.4, -0.2) is 55.3 Å². The van der Waals surface area contributed by atoms with Crippen molar-refractivity contribution in [1.29, 1.82) is 0 Å². The Kier molecular flexibility index (Phi) is 6.56. The molecule has 0 aliphatic carbocycles. The number of amides is 2. The van der Waals surface area contributed by atoms with Gasteiger partial charge in [-0.25, -0.2) is 0 Å². The van der Waals surface area contributed by atoms with Crippen LogP contribution in [0.3, 0.4) is 0 Å². The van der Waals surface area contributed by atoms with Gasteiger partial charge >= 0.3 is 0 Å². The van der Waals surface area contributed by atoms with Gasteiger partial charge in [0.05, 0.1) is 0 Å². The summed E-state index contributed by atoms with van der Waals surface area (Å²) in [6.07, 6.45) is 0.775. The van der Waals surface area contributed by atoms with E-state index in [2.05, 4.69) is 13.8 Å². The van der Waals surface area contributed by atoms with E-state index in [9.17, 15) is 9.59 Å². The quantitative estimate of drug-likeness (QED) is 0.872. The summed E-state index contributed by atoms with van der Waals surface area (Å²) in [7, 11) is 5.18. The Morgan fingerprint density at radius 3 is 1.86 bits per heavy atom. The molecule has 0 bridgehead atoms. The summed E-state index contributed by atoms with van der Waals surface area (Å²) in [6, 6.07) is 6.85. The topological polar surface area (TPSA) is 66.6 Å². The molecule has 1 unspecified atom stereocenters. The number of nitrogens with two attached hydrogens (primary N) is 1. The summed E-state index contributed by atoms with van der Waals surface area (Å²) >= 11 is 0. The van der Waals surface area contributed by atoms with Gasteiger partial charge in [-0.3, -0.25) is 9.59 Å². The van der Waals surface area contributed by atoms with Crippen LogP contribution in [0.15, 0.2) is 24.3 Å². The van der Waals surface area contributed by atoms with Gasteiger partial charge in [-0.2, -0.15) is 0 Å². The highest BCUT2D eigenvalue weighted by Gasteiger charge is 2.15. The van der Waals surface area contributed by atoms with E-state index in [1.807, 2.05) is 0 Å². The monoisotopic (exact) mass is 305 g/mol. The molecule has 22 heavy (non-hydrogen) atoms. The van der Waals surface area contributed by atoms with E-state index in [-0.39, 0.29) is 17.9 Å². The molecule has 1 rings (SSSR count). The third kappa shape index (κ3) is 4.84. The fraction of sp³-hybridized carbons (Fsp3) is 0.529. The first-order valence-corrected chi connectivity index (χ1v) is 7.56. The summed E-state index contributed by atoms with van der Waals surface area (Å²) in [5, 5.41) is 0. The van der Waals surface area contributed by atoms with E-state index in [1.165, 1.54) is 4.90 Å². The molecule has 2 N–H and O–H groups in total. The van der Waals surface area contributed by atoms with Crippen molar-refractivity contribution in [2.24, 2.45) is 11.7 Å². The zero-order valence-electron chi connectivity index (χ0n) is 14.2. The molecule has 0 aliphatic rings. The number of nitrogens with zero attached hydrogens (tertiary/aromatic N) is 2. The average molecular weight is 305 g/mol. The number of rotatable bonds is 6. The van der Waals surface area contributed by atoms with E-state index >= 15 is 0 Å². The maximum atomic E-state index is 12.3. The van der Waals surface area contributed by atoms with E-state index < -0.39 is 0 Å². The molecule has 122 valence electrons. The lowest BCUT2D eigenvalue weighted by molar-refractivity contribution is 0.0786. The molecule has 0 fully saturated rings. The lowest BCUT2D eigenvalue weighted by atomic mass is 10.0. The fourth-order valence-corrected chi connectivity index (χ4v) is 2.01. The summed E-state index contributed by atoms with van der Waals surface area (Å²) in [5.41, 5.74) is 7.16. The minimum absolute atomic E-state index is 0.0557. The van der Waals surface area contributed by atoms with Gasteiger partial charge in [0.2, 0.25) is 0 Å². The molecule has 0 heterocycles. The summed E-state index contributed by atoms with van der Waals surface area (Å²) < 4.78 is 0. The van der Waals surface area contributed by atoms with Gasteiger partial charge in [0.1, 0.15) is 0 Å². The van der Waals surface area contributed by atoms with Crippen molar-refractivity contribution >= 4 is 11.8 Å². The van der Waals surface area contributed by atoms with E-state index in [4.69, 9.17) is 5.73 Å².